The zero-order valence-corrected chi connectivity index (χ0v) is 13.2. The molecule has 1 aromatic carbocycles. The molecule has 0 atom stereocenters. The largest absolute Gasteiger partial charge is 0.494 e. The van der Waals surface area contributed by atoms with Gasteiger partial charge in [0, 0.05) is 23.8 Å². The Labute approximate surface area is 139 Å². The molecule has 0 unspecified atom stereocenters. The van der Waals surface area contributed by atoms with E-state index in [0.717, 1.165) is 17.1 Å². The average molecular weight is 322 g/mol. The number of nitrogen functional groups attached to an aromatic ring is 1. The molecule has 0 aliphatic carbocycles. The molecule has 2 heterocycles. The van der Waals surface area contributed by atoms with Gasteiger partial charge in [-0.05, 0) is 43.3 Å². The van der Waals surface area contributed by atoms with Gasteiger partial charge in [-0.2, -0.15) is 0 Å². The lowest BCUT2D eigenvalue weighted by Gasteiger charge is -2.12. The molecular weight excluding hydrogens is 304 g/mol. The van der Waals surface area contributed by atoms with Crippen molar-refractivity contribution in [2.75, 3.05) is 23.0 Å². The molecule has 0 saturated heterocycles. The molecule has 0 bridgehead atoms. The van der Waals surface area contributed by atoms with E-state index in [1.165, 1.54) is 6.33 Å². The van der Waals surface area contributed by atoms with Gasteiger partial charge in [-0.25, -0.2) is 9.97 Å². The normalized spacial score (nSPS) is 10.2. The van der Waals surface area contributed by atoms with E-state index in [-0.39, 0.29) is 0 Å². The minimum absolute atomic E-state index is 0.434. The molecule has 0 aliphatic heterocycles. The van der Waals surface area contributed by atoms with Crippen LogP contribution < -0.4 is 21.1 Å². The molecule has 0 radical (unpaired) electrons. The maximum Gasteiger partial charge on any atom is 0.159 e. The van der Waals surface area contributed by atoms with Gasteiger partial charge in [0.1, 0.15) is 17.8 Å². The lowest BCUT2D eigenvalue weighted by molar-refractivity contribution is 0.340. The molecule has 7 heteroatoms. The van der Waals surface area contributed by atoms with Crippen LogP contribution in [0.4, 0.5) is 28.7 Å². The summed E-state index contributed by atoms with van der Waals surface area (Å²) in [6.07, 6.45) is 4.84. The van der Waals surface area contributed by atoms with E-state index < -0.39 is 0 Å². The number of aromatic nitrogens is 3. The first-order valence-electron chi connectivity index (χ1n) is 7.53. The molecule has 0 fully saturated rings. The maximum atomic E-state index is 6.17. The molecule has 2 aromatic heterocycles. The highest BCUT2D eigenvalue weighted by Crippen LogP contribution is 2.28. The zero-order chi connectivity index (χ0) is 16.8. The van der Waals surface area contributed by atoms with Crippen LogP contribution in [-0.4, -0.2) is 21.6 Å². The van der Waals surface area contributed by atoms with E-state index in [0.29, 0.717) is 23.9 Å². The average Bonchev–Trinajstić information content (AvgIpc) is 2.61. The molecular formula is C17H18N6O. The number of anilines is 5. The van der Waals surface area contributed by atoms with E-state index in [1.54, 1.807) is 12.4 Å². The minimum atomic E-state index is 0.434. The Kier molecular flexibility index (Phi) is 4.71. The Morgan fingerprint density at radius 2 is 1.50 bits per heavy atom. The highest BCUT2D eigenvalue weighted by molar-refractivity contribution is 5.80. The van der Waals surface area contributed by atoms with Crippen LogP contribution in [0.2, 0.25) is 0 Å². The van der Waals surface area contributed by atoms with Crippen molar-refractivity contribution in [2.24, 2.45) is 0 Å². The first kappa shape index (κ1) is 15.5. The lowest BCUT2D eigenvalue weighted by atomic mass is 10.3. The summed E-state index contributed by atoms with van der Waals surface area (Å²) >= 11 is 0. The van der Waals surface area contributed by atoms with Gasteiger partial charge in [0.25, 0.3) is 0 Å². The van der Waals surface area contributed by atoms with Crippen LogP contribution in [0.5, 0.6) is 5.75 Å². The predicted octanol–water partition coefficient (Wildman–Crippen LogP) is 3.34. The third kappa shape index (κ3) is 3.70. The topological polar surface area (TPSA) is 98.0 Å². The summed E-state index contributed by atoms with van der Waals surface area (Å²) in [6.45, 7) is 2.58. The van der Waals surface area contributed by atoms with E-state index >= 15 is 0 Å². The van der Waals surface area contributed by atoms with Gasteiger partial charge >= 0.3 is 0 Å². The summed E-state index contributed by atoms with van der Waals surface area (Å²) in [5.74, 6) is 1.88. The lowest BCUT2D eigenvalue weighted by Crippen LogP contribution is -2.05. The fraction of sp³-hybridized carbons (Fsp3) is 0.118. The van der Waals surface area contributed by atoms with Crippen LogP contribution in [0, 0.1) is 0 Å². The molecule has 3 rings (SSSR count). The molecule has 3 aromatic rings. The van der Waals surface area contributed by atoms with Crippen molar-refractivity contribution in [1.29, 1.82) is 0 Å². The predicted molar refractivity (Wildman–Crippen MR) is 94.9 cm³/mol. The van der Waals surface area contributed by atoms with Crippen molar-refractivity contribution < 1.29 is 4.74 Å². The van der Waals surface area contributed by atoms with Crippen LogP contribution in [-0.2, 0) is 0 Å². The Morgan fingerprint density at radius 3 is 2.08 bits per heavy atom. The fourth-order valence-electron chi connectivity index (χ4n) is 2.10. The Hall–Kier alpha value is -3.35. The first-order valence-corrected chi connectivity index (χ1v) is 7.53. The number of nitrogens with two attached hydrogens (primary N) is 1. The van der Waals surface area contributed by atoms with E-state index in [9.17, 15) is 0 Å². The summed E-state index contributed by atoms with van der Waals surface area (Å²) < 4.78 is 5.43. The second-order valence-electron chi connectivity index (χ2n) is 4.93. The summed E-state index contributed by atoms with van der Waals surface area (Å²) in [5, 5.41) is 6.33. The highest BCUT2D eigenvalue weighted by atomic mass is 16.5. The molecule has 0 saturated carbocycles. The molecule has 7 nitrogen and oxygen atoms in total. The SMILES string of the molecule is CCOc1ccc(Nc2ncnc(Nc3ccncc3)c2N)cc1. The summed E-state index contributed by atoms with van der Waals surface area (Å²) in [5.41, 5.74) is 8.31. The second-order valence-corrected chi connectivity index (χ2v) is 4.93. The van der Waals surface area contributed by atoms with E-state index in [4.69, 9.17) is 10.5 Å². The van der Waals surface area contributed by atoms with Gasteiger partial charge < -0.3 is 21.1 Å². The Balaban J connectivity index is 1.77. The van der Waals surface area contributed by atoms with Crippen LogP contribution in [0.3, 0.4) is 0 Å². The smallest absolute Gasteiger partial charge is 0.159 e. The number of hydrogen-bond donors (Lipinski definition) is 3. The van der Waals surface area contributed by atoms with Gasteiger partial charge in [-0.1, -0.05) is 0 Å². The third-order valence-electron chi connectivity index (χ3n) is 3.26. The van der Waals surface area contributed by atoms with Crippen molar-refractivity contribution in [3.63, 3.8) is 0 Å². The van der Waals surface area contributed by atoms with Crippen LogP contribution >= 0.6 is 0 Å². The fourth-order valence-corrected chi connectivity index (χ4v) is 2.10. The maximum absolute atomic E-state index is 6.17. The van der Waals surface area contributed by atoms with Gasteiger partial charge in [-0.15, -0.1) is 0 Å². The number of pyridine rings is 1. The Morgan fingerprint density at radius 1 is 0.917 bits per heavy atom. The molecule has 4 N–H and O–H groups in total. The molecule has 122 valence electrons. The van der Waals surface area contributed by atoms with Crippen molar-refractivity contribution in [3.05, 3.63) is 55.1 Å². The number of hydrogen-bond acceptors (Lipinski definition) is 7. The number of benzene rings is 1. The second kappa shape index (κ2) is 7.28. The highest BCUT2D eigenvalue weighted by Gasteiger charge is 2.09. The summed E-state index contributed by atoms with van der Waals surface area (Å²) in [4.78, 5) is 12.4. The standard InChI is InChI=1S/C17H18N6O/c1-2-24-14-5-3-12(4-6-14)22-16-15(18)17(21-11-20-16)23-13-7-9-19-10-8-13/h3-11H,2,18H2,1H3,(H2,19,20,21,22,23). The van der Waals surface area contributed by atoms with Crippen LogP contribution in [0.25, 0.3) is 0 Å². The van der Waals surface area contributed by atoms with Gasteiger partial charge in [0.05, 0.1) is 6.61 Å². The molecule has 0 amide bonds. The molecule has 0 spiro atoms. The number of nitrogens with zero attached hydrogens (tertiary/aromatic N) is 3. The monoisotopic (exact) mass is 322 g/mol. The quantitative estimate of drug-likeness (QED) is 0.640. The first-order chi connectivity index (χ1) is 11.8. The summed E-state index contributed by atoms with van der Waals surface area (Å²) in [6, 6.07) is 11.3. The Bertz CT molecular complexity index is 792. The number of rotatable bonds is 6. The number of nitrogens with one attached hydrogen (secondary N) is 2. The third-order valence-corrected chi connectivity index (χ3v) is 3.26. The van der Waals surface area contributed by atoms with Gasteiger partial charge in [0.2, 0.25) is 0 Å². The van der Waals surface area contributed by atoms with Crippen LogP contribution in [0.1, 0.15) is 6.92 Å². The molecule has 0 aliphatic rings. The van der Waals surface area contributed by atoms with Crippen molar-refractivity contribution in [1.82, 2.24) is 15.0 Å². The van der Waals surface area contributed by atoms with Crippen molar-refractivity contribution in [2.45, 2.75) is 6.92 Å². The molecule has 24 heavy (non-hydrogen) atoms. The van der Waals surface area contributed by atoms with Crippen molar-refractivity contribution >= 4 is 28.7 Å². The number of ether oxygens (including phenoxy) is 1. The van der Waals surface area contributed by atoms with Crippen LogP contribution in [0.15, 0.2) is 55.1 Å². The summed E-state index contributed by atoms with van der Waals surface area (Å²) in [7, 11) is 0. The van der Waals surface area contributed by atoms with E-state index in [1.807, 2.05) is 43.3 Å². The van der Waals surface area contributed by atoms with E-state index in [2.05, 4.69) is 25.6 Å². The van der Waals surface area contributed by atoms with Gasteiger partial charge in [-0.3, -0.25) is 4.98 Å². The minimum Gasteiger partial charge on any atom is -0.494 e. The van der Waals surface area contributed by atoms with Gasteiger partial charge in [0.15, 0.2) is 11.6 Å². The zero-order valence-electron chi connectivity index (χ0n) is 13.2. The van der Waals surface area contributed by atoms with Crippen molar-refractivity contribution in [3.8, 4) is 5.75 Å².